The Kier molecular flexibility index (Phi) is 5.33. The van der Waals surface area contributed by atoms with Crippen molar-refractivity contribution in [1.82, 2.24) is 24.5 Å². The average molecular weight is 448 g/mol. The third-order valence-corrected chi connectivity index (χ3v) is 6.23. The highest BCUT2D eigenvalue weighted by molar-refractivity contribution is 6.14. The van der Waals surface area contributed by atoms with Crippen LogP contribution < -0.4 is 15.5 Å². The summed E-state index contributed by atoms with van der Waals surface area (Å²) in [5.41, 5.74) is 3.32. The van der Waals surface area contributed by atoms with Crippen molar-refractivity contribution in [1.29, 1.82) is 0 Å². The van der Waals surface area contributed by atoms with Crippen LogP contribution in [0.1, 0.15) is 28.9 Å². The number of nitrogens with one attached hydrogen (secondary N) is 2. The molecule has 0 saturated carbocycles. The maximum atomic E-state index is 14.5. The molecule has 1 amide bonds. The van der Waals surface area contributed by atoms with E-state index in [1.807, 2.05) is 19.3 Å². The van der Waals surface area contributed by atoms with Gasteiger partial charge in [-0.2, -0.15) is 5.10 Å². The summed E-state index contributed by atoms with van der Waals surface area (Å²) in [5.74, 6) is -0.854. The Balaban J connectivity index is 1.49. The number of hydrogen-bond donors (Lipinski definition) is 2. The maximum Gasteiger partial charge on any atom is 0.257 e. The first-order valence-corrected chi connectivity index (χ1v) is 11.0. The number of rotatable bonds is 5. The molecule has 1 aromatic carbocycles. The van der Waals surface area contributed by atoms with E-state index in [2.05, 4.69) is 32.2 Å². The van der Waals surface area contributed by atoms with E-state index in [1.54, 1.807) is 40.7 Å². The normalized spacial score (nSPS) is 14.8. The van der Waals surface area contributed by atoms with Gasteiger partial charge in [0.25, 0.3) is 5.91 Å². The van der Waals surface area contributed by atoms with Crippen LogP contribution in [-0.2, 0) is 0 Å². The van der Waals surface area contributed by atoms with E-state index < -0.39 is 5.82 Å². The van der Waals surface area contributed by atoms with Crippen LogP contribution in [0, 0.1) is 12.7 Å². The van der Waals surface area contributed by atoms with Gasteiger partial charge in [0.2, 0.25) is 0 Å². The van der Waals surface area contributed by atoms with Gasteiger partial charge in [-0.25, -0.2) is 14.1 Å². The lowest BCUT2D eigenvalue weighted by atomic mass is 10.0. The summed E-state index contributed by atoms with van der Waals surface area (Å²) in [4.78, 5) is 19.7. The van der Waals surface area contributed by atoms with Gasteiger partial charge in [0.05, 0.1) is 16.9 Å². The molecule has 4 heterocycles. The van der Waals surface area contributed by atoms with Crippen molar-refractivity contribution in [3.8, 4) is 0 Å². The number of benzene rings is 1. The number of imidazole rings is 1. The van der Waals surface area contributed by atoms with Crippen LogP contribution in [0.2, 0.25) is 0 Å². The van der Waals surface area contributed by atoms with Gasteiger partial charge in [-0.3, -0.25) is 4.79 Å². The van der Waals surface area contributed by atoms with Gasteiger partial charge in [0, 0.05) is 61.1 Å². The molecule has 5 rings (SSSR count). The molecule has 8 nitrogen and oxygen atoms in total. The maximum absolute atomic E-state index is 14.5. The molecular weight excluding hydrogens is 421 g/mol. The molecule has 1 saturated heterocycles. The van der Waals surface area contributed by atoms with Crippen LogP contribution in [0.3, 0.4) is 0 Å². The van der Waals surface area contributed by atoms with Gasteiger partial charge >= 0.3 is 0 Å². The van der Waals surface area contributed by atoms with Gasteiger partial charge in [-0.05, 0) is 38.9 Å². The van der Waals surface area contributed by atoms with Crippen LogP contribution in [0.15, 0.2) is 43.4 Å². The highest BCUT2D eigenvalue weighted by Gasteiger charge is 2.23. The number of amides is 1. The Bertz CT molecular complexity index is 1360. The molecule has 1 aliphatic heterocycles. The number of carbonyl (C=O) groups is 1. The van der Waals surface area contributed by atoms with E-state index >= 15 is 0 Å². The molecule has 1 fully saturated rings. The SMILES string of the molecule is C=Cn1cc2c(N3CCC(NC)CC3)ccc(C(=O)Nc3cc(F)c4nc(C)cn4c3)c2n1. The van der Waals surface area contributed by atoms with Crippen LogP contribution in [-0.4, -0.2) is 51.3 Å². The molecule has 0 bridgehead atoms. The van der Waals surface area contributed by atoms with Crippen LogP contribution >= 0.6 is 0 Å². The second kappa shape index (κ2) is 8.32. The van der Waals surface area contributed by atoms with Gasteiger partial charge in [-0.15, -0.1) is 0 Å². The first kappa shape index (κ1) is 21.1. The van der Waals surface area contributed by atoms with Gasteiger partial charge in [-0.1, -0.05) is 6.58 Å². The topological polar surface area (TPSA) is 79.5 Å². The van der Waals surface area contributed by atoms with Crippen LogP contribution in [0.5, 0.6) is 0 Å². The first-order chi connectivity index (χ1) is 16.0. The predicted octanol–water partition coefficient (Wildman–Crippen LogP) is 3.67. The number of aromatic nitrogens is 4. The molecule has 0 radical (unpaired) electrons. The molecule has 3 aromatic heterocycles. The smallest absolute Gasteiger partial charge is 0.257 e. The minimum atomic E-state index is -0.498. The summed E-state index contributed by atoms with van der Waals surface area (Å²) in [6, 6.07) is 5.55. The minimum absolute atomic E-state index is 0.226. The molecule has 170 valence electrons. The summed E-state index contributed by atoms with van der Waals surface area (Å²) in [6.45, 7) is 7.44. The number of anilines is 2. The Hall–Kier alpha value is -3.72. The number of halogens is 1. The quantitative estimate of drug-likeness (QED) is 0.488. The number of piperidine rings is 1. The first-order valence-electron chi connectivity index (χ1n) is 11.0. The molecule has 0 atom stereocenters. The Morgan fingerprint density at radius 3 is 2.76 bits per heavy atom. The average Bonchev–Trinajstić information content (AvgIpc) is 3.41. The molecule has 0 spiro atoms. The molecule has 0 unspecified atom stereocenters. The summed E-state index contributed by atoms with van der Waals surface area (Å²) in [6.07, 6.45) is 8.96. The van der Waals surface area contributed by atoms with Crippen LogP contribution in [0.4, 0.5) is 15.8 Å². The fourth-order valence-electron chi connectivity index (χ4n) is 4.52. The lowest BCUT2D eigenvalue weighted by Crippen LogP contribution is -2.41. The highest BCUT2D eigenvalue weighted by Crippen LogP contribution is 2.31. The number of fused-ring (bicyclic) bond motifs is 2. The standard InChI is InChI=1S/C24H26FN7O/c1-4-32-14-19-21(30-9-7-16(26-3)8-10-30)6-5-18(22(19)29-32)24(33)28-17-11-20(25)23-27-15(2)12-31(23)13-17/h4-6,11-14,16,26H,1,7-10H2,2-3H3,(H,28,33). The largest absolute Gasteiger partial charge is 0.371 e. The molecule has 4 aromatic rings. The van der Waals surface area contributed by atoms with Gasteiger partial charge < -0.3 is 19.9 Å². The second-order valence-corrected chi connectivity index (χ2v) is 8.38. The van der Waals surface area contributed by atoms with Crippen molar-refractivity contribution in [2.75, 3.05) is 30.4 Å². The number of hydrogen-bond acceptors (Lipinski definition) is 5. The molecule has 1 aliphatic rings. The zero-order valence-corrected chi connectivity index (χ0v) is 18.7. The summed E-state index contributed by atoms with van der Waals surface area (Å²) in [7, 11) is 2.00. The monoisotopic (exact) mass is 447 g/mol. The highest BCUT2D eigenvalue weighted by atomic mass is 19.1. The Morgan fingerprint density at radius 2 is 2.03 bits per heavy atom. The third kappa shape index (κ3) is 3.84. The van der Waals surface area contributed by atoms with Crippen molar-refractivity contribution in [3.05, 3.63) is 60.4 Å². The van der Waals surface area contributed by atoms with Crippen molar-refractivity contribution in [2.45, 2.75) is 25.8 Å². The minimum Gasteiger partial charge on any atom is -0.371 e. The second-order valence-electron chi connectivity index (χ2n) is 8.38. The summed E-state index contributed by atoms with van der Waals surface area (Å²) in [5, 5.41) is 11.6. The molecule has 0 aliphatic carbocycles. The van der Waals surface area contributed by atoms with Gasteiger partial charge in [0.15, 0.2) is 11.5 Å². The van der Waals surface area contributed by atoms with E-state index in [0.29, 0.717) is 28.5 Å². The Morgan fingerprint density at radius 1 is 1.24 bits per heavy atom. The number of aryl methyl sites for hydroxylation is 1. The number of nitrogens with zero attached hydrogens (tertiary/aromatic N) is 5. The third-order valence-electron chi connectivity index (χ3n) is 6.23. The lowest BCUT2D eigenvalue weighted by Gasteiger charge is -2.33. The molecule has 33 heavy (non-hydrogen) atoms. The summed E-state index contributed by atoms with van der Waals surface area (Å²) >= 11 is 0. The molecule has 9 heteroatoms. The van der Waals surface area contributed by atoms with Crippen molar-refractivity contribution in [2.24, 2.45) is 0 Å². The summed E-state index contributed by atoms with van der Waals surface area (Å²) < 4.78 is 17.6. The fourth-order valence-corrected chi connectivity index (χ4v) is 4.52. The zero-order chi connectivity index (χ0) is 23.1. The molecular formula is C24H26FN7O. The van der Waals surface area contributed by atoms with E-state index in [1.165, 1.54) is 6.07 Å². The predicted molar refractivity (Wildman–Crippen MR) is 128 cm³/mol. The van der Waals surface area contributed by atoms with Crippen molar-refractivity contribution in [3.63, 3.8) is 0 Å². The Labute approximate surface area is 190 Å². The number of carbonyl (C=O) groups excluding carboxylic acids is 1. The fraction of sp³-hybridized carbons (Fsp3) is 0.292. The zero-order valence-electron chi connectivity index (χ0n) is 18.7. The number of pyridine rings is 1. The molecule has 2 N–H and O–H groups in total. The van der Waals surface area contributed by atoms with Crippen LogP contribution in [0.25, 0.3) is 22.8 Å². The van der Waals surface area contributed by atoms with E-state index in [0.717, 1.165) is 37.0 Å². The van der Waals surface area contributed by atoms with E-state index in [9.17, 15) is 9.18 Å². The van der Waals surface area contributed by atoms with Gasteiger partial charge in [0.1, 0.15) is 5.52 Å². The van der Waals surface area contributed by atoms with E-state index in [-0.39, 0.29) is 11.6 Å². The lowest BCUT2D eigenvalue weighted by molar-refractivity contribution is 0.102. The van der Waals surface area contributed by atoms with Crippen molar-refractivity contribution >= 4 is 40.0 Å². The van der Waals surface area contributed by atoms with Crippen molar-refractivity contribution < 1.29 is 9.18 Å². The van der Waals surface area contributed by atoms with E-state index in [4.69, 9.17) is 0 Å².